The number of carbonyl (C=O) groups is 1. The Bertz CT molecular complexity index is 1180. The number of hydrogen-bond acceptors (Lipinski definition) is 6. The first-order chi connectivity index (χ1) is 18.1. The number of pyridine rings is 1. The van der Waals surface area contributed by atoms with Crippen molar-refractivity contribution >= 4 is 23.4 Å². The summed E-state index contributed by atoms with van der Waals surface area (Å²) in [5, 5.41) is 15.2. The molecule has 1 aromatic heterocycles. The minimum Gasteiger partial charge on any atom is -0.378 e. The number of carbonyl (C=O) groups excluding carboxylic acids is 1. The van der Waals surface area contributed by atoms with Crippen LogP contribution in [-0.2, 0) is 4.74 Å². The predicted octanol–water partition coefficient (Wildman–Crippen LogP) is 5.41. The van der Waals surface area contributed by atoms with Gasteiger partial charge in [0.15, 0.2) is 0 Å². The molecule has 2 unspecified atom stereocenters. The van der Waals surface area contributed by atoms with Crippen molar-refractivity contribution in [3.8, 4) is 17.2 Å². The minimum absolute atomic E-state index is 0.0892. The van der Waals surface area contributed by atoms with Crippen LogP contribution >= 0.6 is 0 Å². The molecule has 0 saturated carbocycles. The third-order valence-corrected chi connectivity index (χ3v) is 6.83. The van der Waals surface area contributed by atoms with E-state index < -0.39 is 24.5 Å². The lowest BCUT2D eigenvalue weighted by Gasteiger charge is -2.29. The van der Waals surface area contributed by atoms with E-state index in [0.29, 0.717) is 57.2 Å². The molecule has 2 aliphatic heterocycles. The maximum absolute atomic E-state index is 12.8. The van der Waals surface area contributed by atoms with Gasteiger partial charge in [0.2, 0.25) is 0 Å². The fourth-order valence-corrected chi connectivity index (χ4v) is 4.86. The Kier molecular flexibility index (Phi) is 8.62. The Balaban J connectivity index is 1.56. The van der Waals surface area contributed by atoms with Crippen LogP contribution in [0.25, 0.3) is 11.1 Å². The van der Waals surface area contributed by atoms with E-state index in [4.69, 9.17) is 15.0 Å². The van der Waals surface area contributed by atoms with E-state index in [-0.39, 0.29) is 12.6 Å². The number of likely N-dealkylation sites (tertiary alicyclic amines) is 1. The Morgan fingerprint density at radius 1 is 1.24 bits per heavy atom. The molecule has 2 atom stereocenters. The summed E-state index contributed by atoms with van der Waals surface area (Å²) in [6.45, 7) is 6.94. The maximum atomic E-state index is 12.8. The van der Waals surface area contributed by atoms with Gasteiger partial charge in [-0.05, 0) is 67.1 Å². The van der Waals surface area contributed by atoms with Crippen molar-refractivity contribution in [1.29, 1.82) is 5.26 Å². The molecule has 0 bridgehead atoms. The molecule has 3 heterocycles. The highest BCUT2D eigenvalue weighted by molar-refractivity contribution is 5.91. The summed E-state index contributed by atoms with van der Waals surface area (Å²) in [6, 6.07) is 11.2. The second kappa shape index (κ2) is 11.9. The number of rotatable bonds is 7. The van der Waals surface area contributed by atoms with E-state index in [1.165, 1.54) is 4.90 Å². The van der Waals surface area contributed by atoms with Gasteiger partial charge < -0.3 is 25.2 Å². The van der Waals surface area contributed by atoms with Crippen molar-refractivity contribution in [2.24, 2.45) is 5.92 Å². The summed E-state index contributed by atoms with van der Waals surface area (Å²) in [5.74, 6) is 0.867. The number of aromatic nitrogens is 1. The molecule has 38 heavy (non-hydrogen) atoms. The molecule has 11 heteroatoms. The zero-order valence-corrected chi connectivity index (χ0v) is 21.6. The highest BCUT2D eigenvalue weighted by atomic mass is 19.4. The van der Waals surface area contributed by atoms with Crippen LogP contribution in [0.4, 0.5) is 35.3 Å². The summed E-state index contributed by atoms with van der Waals surface area (Å²) in [4.78, 5) is 21.2. The summed E-state index contributed by atoms with van der Waals surface area (Å²) in [5.41, 5.74) is 3.34. The van der Waals surface area contributed by atoms with E-state index in [9.17, 15) is 18.0 Å². The van der Waals surface area contributed by atoms with Gasteiger partial charge in [-0.2, -0.15) is 18.4 Å². The highest BCUT2D eigenvalue weighted by Crippen LogP contribution is 2.33. The van der Waals surface area contributed by atoms with E-state index >= 15 is 0 Å². The molecule has 0 spiro atoms. The normalized spacial score (nSPS) is 18.7. The van der Waals surface area contributed by atoms with E-state index in [0.717, 1.165) is 22.5 Å². The van der Waals surface area contributed by atoms with Crippen LogP contribution in [0.15, 0.2) is 30.3 Å². The van der Waals surface area contributed by atoms with Gasteiger partial charge in [-0.15, -0.1) is 0 Å². The number of urea groups is 1. The largest absolute Gasteiger partial charge is 0.389 e. The fourth-order valence-electron chi connectivity index (χ4n) is 4.86. The third-order valence-electron chi connectivity index (χ3n) is 6.83. The highest BCUT2D eigenvalue weighted by Gasteiger charge is 2.36. The lowest BCUT2D eigenvalue weighted by Crippen LogP contribution is -2.36. The molecule has 4 rings (SSSR count). The van der Waals surface area contributed by atoms with Crippen LogP contribution in [0.2, 0.25) is 0 Å². The number of morpholine rings is 1. The lowest BCUT2D eigenvalue weighted by atomic mass is 10.00. The van der Waals surface area contributed by atoms with Gasteiger partial charge in [0.1, 0.15) is 11.6 Å². The third kappa shape index (κ3) is 7.28. The number of nitriles is 1. The van der Waals surface area contributed by atoms with Gasteiger partial charge in [-0.1, -0.05) is 6.07 Å². The number of nitrogens with one attached hydrogen (secondary N) is 2. The van der Waals surface area contributed by atoms with Crippen LogP contribution in [0.1, 0.15) is 31.7 Å². The van der Waals surface area contributed by atoms with Crippen molar-refractivity contribution in [2.75, 3.05) is 54.9 Å². The Hall–Kier alpha value is -3.52. The fraction of sp³-hybridized carbons (Fsp3) is 0.519. The van der Waals surface area contributed by atoms with Crippen molar-refractivity contribution in [3.05, 3.63) is 35.9 Å². The van der Waals surface area contributed by atoms with E-state index in [1.807, 2.05) is 38.1 Å². The van der Waals surface area contributed by atoms with E-state index in [1.54, 1.807) is 6.07 Å². The number of anilines is 3. The number of ether oxygens (including phenoxy) is 1. The molecule has 0 aliphatic carbocycles. The molecule has 2 aromatic rings. The number of hydrogen-bond donors (Lipinski definition) is 2. The number of halogens is 3. The number of nitrogens with zero attached hydrogens (tertiary/aromatic N) is 4. The first-order valence-corrected chi connectivity index (χ1v) is 12.8. The van der Waals surface area contributed by atoms with Gasteiger partial charge >= 0.3 is 12.2 Å². The standard InChI is InChI=1S/C27H33F3N6O2/c1-18-3-4-22(33-26(37)36-8-6-20(17-36)16-27(28,29)30)15-23(18)21-13-24(32-19(2)5-7-31)34-25(14-21)35-9-11-38-12-10-35/h3-4,13-15,19-20H,5-6,8-12,16-17H2,1-2H3,(H,32,34)(H,33,37). The molecular weight excluding hydrogens is 497 g/mol. The van der Waals surface area contributed by atoms with Crippen molar-refractivity contribution in [3.63, 3.8) is 0 Å². The lowest BCUT2D eigenvalue weighted by molar-refractivity contribution is -0.143. The Morgan fingerprint density at radius 2 is 2.00 bits per heavy atom. The summed E-state index contributed by atoms with van der Waals surface area (Å²) >= 11 is 0. The van der Waals surface area contributed by atoms with Crippen LogP contribution in [-0.4, -0.2) is 67.5 Å². The molecule has 1 aromatic carbocycles. The number of alkyl halides is 3. The van der Waals surface area contributed by atoms with E-state index in [2.05, 4.69) is 21.6 Å². The van der Waals surface area contributed by atoms with Crippen LogP contribution < -0.4 is 15.5 Å². The van der Waals surface area contributed by atoms with Gasteiger partial charge in [0.05, 0.1) is 25.7 Å². The molecule has 8 nitrogen and oxygen atoms in total. The minimum atomic E-state index is -4.23. The van der Waals surface area contributed by atoms with Gasteiger partial charge in [-0.3, -0.25) is 0 Å². The maximum Gasteiger partial charge on any atom is 0.389 e. The van der Waals surface area contributed by atoms with Crippen LogP contribution in [0.3, 0.4) is 0 Å². The molecule has 204 valence electrons. The first kappa shape index (κ1) is 27.5. The second-order valence-electron chi connectivity index (χ2n) is 9.99. The van der Waals surface area contributed by atoms with Gasteiger partial charge in [0.25, 0.3) is 0 Å². The van der Waals surface area contributed by atoms with Gasteiger partial charge in [0, 0.05) is 44.3 Å². The zero-order chi connectivity index (χ0) is 27.3. The smallest absolute Gasteiger partial charge is 0.378 e. The number of aryl methyl sites for hydroxylation is 1. The zero-order valence-electron chi connectivity index (χ0n) is 21.6. The number of benzene rings is 1. The van der Waals surface area contributed by atoms with Gasteiger partial charge in [-0.25, -0.2) is 9.78 Å². The average Bonchev–Trinajstić information content (AvgIpc) is 3.32. The quantitative estimate of drug-likeness (QED) is 0.497. The molecule has 2 aliphatic rings. The first-order valence-electron chi connectivity index (χ1n) is 12.8. The average molecular weight is 531 g/mol. The molecular formula is C27H33F3N6O2. The predicted molar refractivity (Wildman–Crippen MR) is 140 cm³/mol. The van der Waals surface area contributed by atoms with Crippen molar-refractivity contribution < 1.29 is 22.7 Å². The van der Waals surface area contributed by atoms with Crippen LogP contribution in [0, 0.1) is 24.2 Å². The summed E-state index contributed by atoms with van der Waals surface area (Å²) < 4.78 is 43.8. The topological polar surface area (TPSA) is 93.5 Å². The Labute approximate surface area is 220 Å². The SMILES string of the molecule is Cc1ccc(NC(=O)N2CCC(CC(F)(F)F)C2)cc1-c1cc(NC(C)CC#N)nc(N2CCOCC2)c1. The Morgan fingerprint density at radius 3 is 2.71 bits per heavy atom. The van der Waals surface area contributed by atoms with Crippen LogP contribution in [0.5, 0.6) is 0 Å². The second-order valence-corrected chi connectivity index (χ2v) is 9.99. The van der Waals surface area contributed by atoms with Crippen molar-refractivity contribution in [2.45, 2.75) is 45.3 Å². The molecule has 2 fully saturated rings. The molecule has 2 N–H and O–H groups in total. The van der Waals surface area contributed by atoms with Crippen molar-refractivity contribution in [1.82, 2.24) is 9.88 Å². The molecule has 2 saturated heterocycles. The molecule has 2 amide bonds. The number of amides is 2. The molecule has 0 radical (unpaired) electrons. The summed E-state index contributed by atoms with van der Waals surface area (Å²) in [7, 11) is 0. The monoisotopic (exact) mass is 530 g/mol. The summed E-state index contributed by atoms with van der Waals surface area (Å²) in [6.07, 6.45) is -4.43.